The molecule has 1 aliphatic carbocycles. The Kier molecular flexibility index (Phi) is 8.69. The topological polar surface area (TPSA) is 35.5 Å². The Hall–Kier alpha value is -0.360. The van der Waals surface area contributed by atoms with Crippen LogP contribution in [-0.4, -0.2) is 28.6 Å². The number of unbranched alkanes of at least 4 members (excludes halogenated alkanes) is 1. The quantitative estimate of drug-likeness (QED) is 0.366. The van der Waals surface area contributed by atoms with Crippen LogP contribution in [0.4, 0.5) is 4.39 Å². The number of hydrogen-bond donors (Lipinski definition) is 0. The molecule has 0 aliphatic heterocycles. The molecule has 0 aromatic carbocycles. The van der Waals surface area contributed by atoms with E-state index in [-0.39, 0.29) is 10.3 Å². The van der Waals surface area contributed by atoms with Crippen molar-refractivity contribution in [1.82, 2.24) is 0 Å². The lowest BCUT2D eigenvalue weighted by Crippen LogP contribution is -2.55. The average molecular weight is 351 g/mol. The van der Waals surface area contributed by atoms with Gasteiger partial charge in [0.1, 0.15) is 0 Å². The van der Waals surface area contributed by atoms with Gasteiger partial charge in [0.2, 0.25) is 4.38 Å². The summed E-state index contributed by atoms with van der Waals surface area (Å²) in [6, 6.07) is 0. The first kappa shape index (κ1) is 19.7. The zero-order chi connectivity index (χ0) is 16.6. The van der Waals surface area contributed by atoms with Gasteiger partial charge in [0.15, 0.2) is 6.17 Å². The normalized spacial score (nSPS) is 28.2. The van der Waals surface area contributed by atoms with Crippen LogP contribution in [0.5, 0.6) is 0 Å². The van der Waals surface area contributed by atoms with E-state index in [4.69, 9.17) is 21.7 Å². The second kappa shape index (κ2) is 9.71. The Morgan fingerprint density at radius 1 is 1.32 bits per heavy atom. The fourth-order valence-corrected chi connectivity index (χ4v) is 3.28. The largest absolute Gasteiger partial charge is 0.432 e. The fraction of sp³-hybridized carbons (Fsp3) is 0.875. The van der Waals surface area contributed by atoms with Gasteiger partial charge < -0.3 is 9.47 Å². The van der Waals surface area contributed by atoms with Crippen molar-refractivity contribution in [2.45, 2.75) is 77.2 Å². The highest BCUT2D eigenvalue weighted by Crippen LogP contribution is 2.43. The lowest BCUT2D eigenvalue weighted by Gasteiger charge is -2.44. The van der Waals surface area contributed by atoms with Gasteiger partial charge in [-0.25, -0.2) is 4.39 Å². The minimum atomic E-state index is -1.53. The van der Waals surface area contributed by atoms with Gasteiger partial charge in [0.05, 0.1) is 0 Å². The number of halogens is 1. The third-order valence-corrected chi connectivity index (χ3v) is 5.07. The van der Waals surface area contributed by atoms with Crippen LogP contribution in [0.3, 0.4) is 0 Å². The second-order valence-corrected chi connectivity index (χ2v) is 7.15. The van der Waals surface area contributed by atoms with Crippen molar-refractivity contribution in [1.29, 1.82) is 0 Å². The van der Waals surface area contributed by atoms with Crippen LogP contribution in [0.25, 0.3) is 0 Å². The maximum Gasteiger partial charge on any atom is 0.309 e. The summed E-state index contributed by atoms with van der Waals surface area (Å²) in [4.78, 5) is 12.1. The molecule has 0 aromatic heterocycles. The molecule has 6 heteroatoms. The number of esters is 1. The molecule has 0 radical (unpaired) electrons. The summed E-state index contributed by atoms with van der Waals surface area (Å²) < 4.78 is 26.3. The van der Waals surface area contributed by atoms with Crippen LogP contribution in [0.15, 0.2) is 0 Å². The van der Waals surface area contributed by atoms with E-state index in [1.165, 1.54) is 11.8 Å². The van der Waals surface area contributed by atoms with E-state index < -0.39 is 17.9 Å². The number of carbonyl (C=O) groups is 1. The van der Waals surface area contributed by atoms with Crippen LogP contribution in [0.1, 0.15) is 65.2 Å². The third-order valence-electron chi connectivity index (χ3n) is 4.07. The molecule has 0 heterocycles. The monoisotopic (exact) mass is 350 g/mol. The Balaban J connectivity index is 2.99. The van der Waals surface area contributed by atoms with Gasteiger partial charge in [0.25, 0.3) is 5.79 Å². The van der Waals surface area contributed by atoms with Crippen molar-refractivity contribution >= 4 is 34.3 Å². The first-order chi connectivity index (χ1) is 10.5. The molecule has 0 amide bonds. The summed E-state index contributed by atoms with van der Waals surface area (Å²) >= 11 is 6.36. The van der Waals surface area contributed by atoms with Crippen molar-refractivity contribution in [3.63, 3.8) is 0 Å². The number of ether oxygens (including phenoxy) is 2. The molecular weight excluding hydrogens is 323 g/mol. The molecule has 1 aliphatic rings. The molecule has 3 atom stereocenters. The van der Waals surface area contributed by atoms with E-state index in [1.54, 1.807) is 6.26 Å². The van der Waals surface area contributed by atoms with Gasteiger partial charge in [-0.1, -0.05) is 38.5 Å². The predicted molar refractivity (Wildman–Crippen MR) is 92.7 cm³/mol. The van der Waals surface area contributed by atoms with Crippen LogP contribution in [0.2, 0.25) is 0 Å². The van der Waals surface area contributed by atoms with Crippen LogP contribution in [-0.2, 0) is 14.3 Å². The molecule has 3 unspecified atom stereocenters. The summed E-state index contributed by atoms with van der Waals surface area (Å²) in [6.45, 7) is 4.04. The molecule has 1 fully saturated rings. The van der Waals surface area contributed by atoms with E-state index in [9.17, 15) is 9.18 Å². The molecular formula is C16H27FO3S2. The molecule has 0 saturated heterocycles. The zero-order valence-electron chi connectivity index (χ0n) is 13.7. The van der Waals surface area contributed by atoms with Crippen LogP contribution >= 0.6 is 24.0 Å². The van der Waals surface area contributed by atoms with Crippen molar-refractivity contribution in [2.24, 2.45) is 5.92 Å². The standard InChI is InChI=1S/C16H27FO3S2/c1-4-6-11-14(18)19-16(20-15(21)22-3)12(8-5-2)9-7-10-13(16)17/h12-13H,4-11H2,1-3H3. The van der Waals surface area contributed by atoms with Gasteiger partial charge in [-0.3, -0.25) is 4.79 Å². The Morgan fingerprint density at radius 3 is 2.64 bits per heavy atom. The Labute approximate surface area is 142 Å². The minimum Gasteiger partial charge on any atom is -0.432 e. The van der Waals surface area contributed by atoms with Crippen LogP contribution in [0, 0.1) is 5.92 Å². The smallest absolute Gasteiger partial charge is 0.309 e. The first-order valence-corrected chi connectivity index (χ1v) is 9.76. The maximum absolute atomic E-state index is 14.8. The van der Waals surface area contributed by atoms with Crippen molar-refractivity contribution in [3.8, 4) is 0 Å². The van der Waals surface area contributed by atoms with E-state index in [1.807, 2.05) is 13.8 Å². The zero-order valence-corrected chi connectivity index (χ0v) is 15.4. The SMILES string of the molecule is CCCCC(=O)OC1(OC(=S)SC)C(F)CCCC1CCC. The highest BCUT2D eigenvalue weighted by atomic mass is 32.2. The molecule has 0 spiro atoms. The minimum absolute atomic E-state index is 0.142. The van der Waals surface area contributed by atoms with Crippen molar-refractivity contribution in [3.05, 3.63) is 0 Å². The summed E-state index contributed by atoms with van der Waals surface area (Å²) in [5.41, 5.74) is 0. The average Bonchev–Trinajstić information content (AvgIpc) is 2.50. The summed E-state index contributed by atoms with van der Waals surface area (Å²) in [6.07, 6.45) is 5.95. The van der Waals surface area contributed by atoms with Gasteiger partial charge in [-0.15, -0.1) is 0 Å². The third kappa shape index (κ3) is 5.08. The molecule has 3 nitrogen and oxygen atoms in total. The summed E-state index contributed by atoms with van der Waals surface area (Å²) in [7, 11) is 0. The molecule has 1 rings (SSSR count). The number of rotatable bonds is 7. The molecule has 22 heavy (non-hydrogen) atoms. The van der Waals surface area contributed by atoms with Gasteiger partial charge >= 0.3 is 5.97 Å². The van der Waals surface area contributed by atoms with Gasteiger partial charge in [0, 0.05) is 12.3 Å². The summed E-state index contributed by atoms with van der Waals surface area (Å²) in [5.74, 6) is -2.06. The number of alkyl halides is 1. The van der Waals surface area contributed by atoms with E-state index in [0.29, 0.717) is 12.8 Å². The first-order valence-electron chi connectivity index (χ1n) is 8.13. The van der Waals surface area contributed by atoms with Crippen LogP contribution < -0.4 is 0 Å². The van der Waals surface area contributed by atoms with E-state index in [2.05, 4.69) is 0 Å². The Bertz CT molecular complexity index is 376. The molecule has 128 valence electrons. The number of thiocarbonyl (C=S) groups is 1. The lowest BCUT2D eigenvalue weighted by molar-refractivity contribution is -0.260. The van der Waals surface area contributed by atoms with Crippen molar-refractivity contribution < 1.29 is 18.7 Å². The second-order valence-electron chi connectivity index (χ2n) is 5.74. The highest BCUT2D eigenvalue weighted by Gasteiger charge is 2.54. The summed E-state index contributed by atoms with van der Waals surface area (Å²) in [5, 5.41) is 0. The highest BCUT2D eigenvalue weighted by molar-refractivity contribution is 8.22. The number of hydrogen-bond acceptors (Lipinski definition) is 5. The molecule has 0 bridgehead atoms. The molecule has 1 saturated carbocycles. The lowest BCUT2D eigenvalue weighted by atomic mass is 9.79. The number of thioether (sulfide) groups is 1. The maximum atomic E-state index is 14.8. The molecule has 0 N–H and O–H groups in total. The van der Waals surface area contributed by atoms with Gasteiger partial charge in [-0.05, 0) is 50.6 Å². The van der Waals surface area contributed by atoms with Crippen molar-refractivity contribution in [2.75, 3.05) is 6.26 Å². The Morgan fingerprint density at radius 2 is 2.05 bits per heavy atom. The molecule has 0 aromatic rings. The van der Waals surface area contributed by atoms with E-state index in [0.717, 1.165) is 38.5 Å². The predicted octanol–water partition coefficient (Wildman–Crippen LogP) is 5.02. The van der Waals surface area contributed by atoms with E-state index >= 15 is 0 Å². The fourth-order valence-electron chi connectivity index (χ4n) is 2.93. The number of carbonyl (C=O) groups excluding carboxylic acids is 1. The van der Waals surface area contributed by atoms with Gasteiger partial charge in [-0.2, -0.15) is 0 Å².